The fourth-order valence-electron chi connectivity index (χ4n) is 2.59. The van der Waals surface area contributed by atoms with Crippen LogP contribution < -0.4 is 10.5 Å². The van der Waals surface area contributed by atoms with E-state index in [0.717, 1.165) is 18.8 Å². The molecule has 1 atom stereocenters. The Labute approximate surface area is 104 Å². The Hall–Kier alpha value is -1.02. The minimum atomic E-state index is 0.206. The number of rotatable bonds is 5. The Morgan fingerprint density at radius 2 is 1.88 bits per heavy atom. The molecule has 0 aliphatic heterocycles. The lowest BCUT2D eigenvalue weighted by molar-refractivity contribution is 0.317. The SMILES string of the molecule is CCCOc1ccc(C(N)C2CCCC2)cc1. The van der Waals surface area contributed by atoms with E-state index in [4.69, 9.17) is 10.5 Å². The normalized spacial score (nSPS) is 18.2. The van der Waals surface area contributed by atoms with Crippen molar-refractivity contribution in [2.75, 3.05) is 6.61 Å². The number of nitrogens with two attached hydrogens (primary N) is 1. The molecule has 94 valence electrons. The van der Waals surface area contributed by atoms with Gasteiger partial charge < -0.3 is 10.5 Å². The number of benzene rings is 1. The fraction of sp³-hybridized carbons (Fsp3) is 0.600. The first-order valence-electron chi connectivity index (χ1n) is 6.79. The molecule has 1 aromatic carbocycles. The number of ether oxygens (including phenoxy) is 1. The second-order valence-corrected chi connectivity index (χ2v) is 4.99. The van der Waals surface area contributed by atoms with Crippen LogP contribution in [0.2, 0.25) is 0 Å². The molecule has 0 spiro atoms. The smallest absolute Gasteiger partial charge is 0.119 e. The molecule has 1 unspecified atom stereocenters. The van der Waals surface area contributed by atoms with Crippen molar-refractivity contribution in [3.63, 3.8) is 0 Å². The van der Waals surface area contributed by atoms with Crippen LogP contribution in [0.1, 0.15) is 50.6 Å². The summed E-state index contributed by atoms with van der Waals surface area (Å²) in [5.74, 6) is 1.63. The van der Waals surface area contributed by atoms with Crippen molar-refractivity contribution >= 4 is 0 Å². The van der Waals surface area contributed by atoms with Gasteiger partial charge in [0, 0.05) is 6.04 Å². The van der Waals surface area contributed by atoms with Crippen LogP contribution >= 0.6 is 0 Å². The van der Waals surface area contributed by atoms with Crippen LogP contribution in [0.3, 0.4) is 0 Å². The standard InChI is InChI=1S/C15H23NO/c1-2-11-17-14-9-7-13(8-10-14)15(16)12-5-3-4-6-12/h7-10,12,15H,2-6,11,16H2,1H3. The summed E-state index contributed by atoms with van der Waals surface area (Å²) in [5.41, 5.74) is 7.56. The van der Waals surface area contributed by atoms with E-state index in [1.165, 1.54) is 31.2 Å². The lowest BCUT2D eigenvalue weighted by Gasteiger charge is -2.19. The van der Waals surface area contributed by atoms with Crippen molar-refractivity contribution < 1.29 is 4.74 Å². The van der Waals surface area contributed by atoms with Gasteiger partial charge in [0.1, 0.15) is 5.75 Å². The highest BCUT2D eigenvalue weighted by Gasteiger charge is 2.22. The van der Waals surface area contributed by atoms with E-state index < -0.39 is 0 Å². The summed E-state index contributed by atoms with van der Waals surface area (Å²) in [4.78, 5) is 0. The molecular weight excluding hydrogens is 210 g/mol. The van der Waals surface area contributed by atoms with E-state index in [0.29, 0.717) is 5.92 Å². The third-order valence-corrected chi connectivity index (χ3v) is 3.65. The second kappa shape index (κ2) is 6.06. The lowest BCUT2D eigenvalue weighted by Crippen LogP contribution is -2.18. The maximum Gasteiger partial charge on any atom is 0.119 e. The molecule has 1 aliphatic carbocycles. The van der Waals surface area contributed by atoms with E-state index in [-0.39, 0.29) is 6.04 Å². The molecule has 2 rings (SSSR count). The van der Waals surface area contributed by atoms with Crippen LogP contribution in [0.15, 0.2) is 24.3 Å². The van der Waals surface area contributed by atoms with Gasteiger partial charge in [-0.15, -0.1) is 0 Å². The average molecular weight is 233 g/mol. The zero-order valence-electron chi connectivity index (χ0n) is 10.7. The zero-order chi connectivity index (χ0) is 12.1. The first-order valence-corrected chi connectivity index (χ1v) is 6.79. The van der Waals surface area contributed by atoms with Gasteiger partial charge in [-0.25, -0.2) is 0 Å². The lowest BCUT2D eigenvalue weighted by atomic mass is 9.92. The molecule has 0 heterocycles. The Kier molecular flexibility index (Phi) is 4.43. The molecular formula is C15H23NO. The van der Waals surface area contributed by atoms with Gasteiger partial charge in [-0.3, -0.25) is 0 Å². The highest BCUT2D eigenvalue weighted by Crippen LogP contribution is 2.34. The molecule has 1 aromatic rings. The fourth-order valence-corrected chi connectivity index (χ4v) is 2.59. The van der Waals surface area contributed by atoms with Crippen LogP contribution in [-0.2, 0) is 0 Å². The molecule has 2 nitrogen and oxygen atoms in total. The summed E-state index contributed by atoms with van der Waals surface area (Å²) < 4.78 is 5.57. The number of hydrogen-bond donors (Lipinski definition) is 1. The Bertz CT molecular complexity index is 327. The van der Waals surface area contributed by atoms with Gasteiger partial charge >= 0.3 is 0 Å². The van der Waals surface area contributed by atoms with Gasteiger partial charge in [-0.05, 0) is 42.9 Å². The molecule has 1 aliphatic rings. The molecule has 2 N–H and O–H groups in total. The molecule has 0 radical (unpaired) electrons. The zero-order valence-corrected chi connectivity index (χ0v) is 10.7. The minimum absolute atomic E-state index is 0.206. The second-order valence-electron chi connectivity index (χ2n) is 4.99. The third-order valence-electron chi connectivity index (χ3n) is 3.65. The Morgan fingerprint density at radius 3 is 2.47 bits per heavy atom. The predicted molar refractivity (Wildman–Crippen MR) is 71.1 cm³/mol. The Morgan fingerprint density at radius 1 is 1.24 bits per heavy atom. The highest BCUT2D eigenvalue weighted by molar-refractivity contribution is 5.29. The maximum absolute atomic E-state index is 6.31. The quantitative estimate of drug-likeness (QED) is 0.842. The summed E-state index contributed by atoms with van der Waals surface area (Å²) in [5, 5.41) is 0. The van der Waals surface area contributed by atoms with Crippen LogP contribution in [0.25, 0.3) is 0 Å². The molecule has 1 saturated carbocycles. The summed E-state index contributed by atoms with van der Waals surface area (Å²) in [6.45, 7) is 2.90. The molecule has 0 bridgehead atoms. The van der Waals surface area contributed by atoms with Crippen molar-refractivity contribution in [3.05, 3.63) is 29.8 Å². The molecule has 17 heavy (non-hydrogen) atoms. The first kappa shape index (κ1) is 12.4. The summed E-state index contributed by atoms with van der Waals surface area (Å²) in [7, 11) is 0. The van der Waals surface area contributed by atoms with E-state index >= 15 is 0 Å². The largest absolute Gasteiger partial charge is 0.494 e. The van der Waals surface area contributed by atoms with Crippen molar-refractivity contribution in [2.45, 2.75) is 45.1 Å². The van der Waals surface area contributed by atoms with Gasteiger partial charge in [0.25, 0.3) is 0 Å². The van der Waals surface area contributed by atoms with Crippen LogP contribution in [0.4, 0.5) is 0 Å². The van der Waals surface area contributed by atoms with Gasteiger partial charge in [-0.1, -0.05) is 31.9 Å². The van der Waals surface area contributed by atoms with Gasteiger partial charge in [0.05, 0.1) is 6.61 Å². The van der Waals surface area contributed by atoms with Gasteiger partial charge in [0.15, 0.2) is 0 Å². The highest BCUT2D eigenvalue weighted by atomic mass is 16.5. The molecule has 1 fully saturated rings. The van der Waals surface area contributed by atoms with Gasteiger partial charge in [0.2, 0.25) is 0 Å². The topological polar surface area (TPSA) is 35.2 Å². The van der Waals surface area contributed by atoms with Crippen LogP contribution in [0, 0.1) is 5.92 Å². The molecule has 0 saturated heterocycles. The van der Waals surface area contributed by atoms with Crippen LogP contribution in [0.5, 0.6) is 5.75 Å². The van der Waals surface area contributed by atoms with Crippen molar-refractivity contribution in [3.8, 4) is 5.75 Å². The third kappa shape index (κ3) is 3.22. The summed E-state index contributed by atoms with van der Waals surface area (Å²) in [6.07, 6.45) is 6.31. The minimum Gasteiger partial charge on any atom is -0.494 e. The van der Waals surface area contributed by atoms with Crippen LogP contribution in [-0.4, -0.2) is 6.61 Å². The number of hydrogen-bond acceptors (Lipinski definition) is 2. The predicted octanol–water partition coefficient (Wildman–Crippen LogP) is 3.67. The van der Waals surface area contributed by atoms with Gasteiger partial charge in [-0.2, -0.15) is 0 Å². The molecule has 0 aromatic heterocycles. The maximum atomic E-state index is 6.31. The molecule has 2 heteroatoms. The summed E-state index contributed by atoms with van der Waals surface area (Å²) >= 11 is 0. The van der Waals surface area contributed by atoms with E-state index in [1.54, 1.807) is 0 Å². The first-order chi connectivity index (χ1) is 8.31. The van der Waals surface area contributed by atoms with Crippen molar-refractivity contribution in [1.29, 1.82) is 0 Å². The van der Waals surface area contributed by atoms with E-state index in [2.05, 4.69) is 19.1 Å². The Balaban J connectivity index is 1.96. The average Bonchev–Trinajstić information content (AvgIpc) is 2.90. The summed E-state index contributed by atoms with van der Waals surface area (Å²) in [6, 6.07) is 8.53. The van der Waals surface area contributed by atoms with E-state index in [9.17, 15) is 0 Å². The van der Waals surface area contributed by atoms with Crippen molar-refractivity contribution in [1.82, 2.24) is 0 Å². The monoisotopic (exact) mass is 233 g/mol. The van der Waals surface area contributed by atoms with E-state index in [1.807, 2.05) is 12.1 Å². The molecule has 0 amide bonds. The van der Waals surface area contributed by atoms with Crippen molar-refractivity contribution in [2.24, 2.45) is 11.7 Å².